The number of hydrogen-bond donors (Lipinski definition) is 1. The Hall–Kier alpha value is -2.69. The van der Waals surface area contributed by atoms with Crippen LogP contribution in [-0.2, 0) is 6.18 Å². The first-order chi connectivity index (χ1) is 9.74. The number of aryl methyl sites for hydroxylation is 1. The van der Waals surface area contributed by atoms with Crippen LogP contribution >= 0.6 is 0 Å². The van der Waals surface area contributed by atoms with Crippen molar-refractivity contribution in [3.63, 3.8) is 0 Å². The second kappa shape index (κ2) is 5.01. The van der Waals surface area contributed by atoms with Gasteiger partial charge in [-0.1, -0.05) is 0 Å². The Morgan fingerprint density at radius 1 is 1.24 bits per heavy atom. The first kappa shape index (κ1) is 14.7. The van der Waals surface area contributed by atoms with Crippen molar-refractivity contribution in [2.24, 2.45) is 0 Å². The minimum Gasteiger partial charge on any atom is -0.382 e. The smallest absolute Gasteiger partial charge is 0.382 e. The lowest BCUT2D eigenvalue weighted by molar-refractivity contribution is -0.137. The van der Waals surface area contributed by atoms with E-state index in [-0.39, 0.29) is 22.9 Å². The third-order valence-corrected chi connectivity index (χ3v) is 2.76. The van der Waals surface area contributed by atoms with Gasteiger partial charge in [0.25, 0.3) is 0 Å². The first-order valence-electron chi connectivity index (χ1n) is 5.65. The van der Waals surface area contributed by atoms with Crippen LogP contribution in [0.3, 0.4) is 0 Å². The monoisotopic (exact) mass is 296 g/mol. The van der Waals surface area contributed by atoms with Gasteiger partial charge in [-0.25, -0.2) is 14.4 Å². The molecule has 0 amide bonds. The Bertz CT molecular complexity index is 724. The summed E-state index contributed by atoms with van der Waals surface area (Å²) in [6, 6.07) is 3.75. The number of alkyl halides is 3. The SMILES string of the molecule is Cc1nc(-c2cc(F)ccc2C(F)(F)F)nc(N)c1C#N. The van der Waals surface area contributed by atoms with Crippen molar-refractivity contribution in [1.82, 2.24) is 9.97 Å². The standard InChI is InChI=1S/C13H8F4N4/c1-6-9(5-18)11(19)21-12(20-6)8-4-7(14)2-3-10(8)13(15,16)17/h2-4H,1H3,(H2,19,20,21). The summed E-state index contributed by atoms with van der Waals surface area (Å²) in [4.78, 5) is 7.48. The molecule has 0 unspecified atom stereocenters. The summed E-state index contributed by atoms with van der Waals surface area (Å²) in [6.07, 6.45) is -4.69. The molecule has 8 heteroatoms. The van der Waals surface area contributed by atoms with Crippen molar-refractivity contribution in [3.8, 4) is 17.5 Å². The molecule has 0 saturated heterocycles. The van der Waals surface area contributed by atoms with E-state index in [4.69, 9.17) is 11.0 Å². The van der Waals surface area contributed by atoms with Crippen LogP contribution in [0.15, 0.2) is 18.2 Å². The van der Waals surface area contributed by atoms with Gasteiger partial charge in [0.15, 0.2) is 5.82 Å². The van der Waals surface area contributed by atoms with E-state index in [0.717, 1.165) is 0 Å². The highest BCUT2D eigenvalue weighted by molar-refractivity contribution is 5.65. The molecule has 1 aromatic heterocycles. The average Bonchev–Trinajstić information content (AvgIpc) is 2.36. The molecule has 0 saturated carbocycles. The number of anilines is 1. The molecule has 0 spiro atoms. The molecule has 0 aliphatic heterocycles. The third-order valence-electron chi connectivity index (χ3n) is 2.76. The summed E-state index contributed by atoms with van der Waals surface area (Å²) in [6.45, 7) is 1.41. The molecule has 2 rings (SSSR count). The molecule has 21 heavy (non-hydrogen) atoms. The Balaban J connectivity index is 2.73. The number of nitriles is 1. The molecule has 0 aliphatic carbocycles. The van der Waals surface area contributed by atoms with E-state index in [9.17, 15) is 17.6 Å². The molecular formula is C13H8F4N4. The van der Waals surface area contributed by atoms with E-state index >= 15 is 0 Å². The Morgan fingerprint density at radius 2 is 1.90 bits per heavy atom. The van der Waals surface area contributed by atoms with Crippen LogP contribution in [0.2, 0.25) is 0 Å². The summed E-state index contributed by atoms with van der Waals surface area (Å²) in [7, 11) is 0. The minimum absolute atomic E-state index is 0.0243. The number of aromatic nitrogens is 2. The second-order valence-corrected chi connectivity index (χ2v) is 4.19. The zero-order valence-corrected chi connectivity index (χ0v) is 10.7. The lowest BCUT2D eigenvalue weighted by Crippen LogP contribution is -2.10. The van der Waals surface area contributed by atoms with Gasteiger partial charge in [0, 0.05) is 5.56 Å². The van der Waals surface area contributed by atoms with Crippen molar-refractivity contribution in [3.05, 3.63) is 40.8 Å². The maximum Gasteiger partial charge on any atom is 0.417 e. The fourth-order valence-corrected chi connectivity index (χ4v) is 1.80. The number of nitrogens with zero attached hydrogens (tertiary/aromatic N) is 3. The first-order valence-corrected chi connectivity index (χ1v) is 5.65. The van der Waals surface area contributed by atoms with Gasteiger partial charge >= 0.3 is 6.18 Å². The maximum absolute atomic E-state index is 13.3. The van der Waals surface area contributed by atoms with Crippen LogP contribution in [0, 0.1) is 24.1 Å². The number of benzene rings is 1. The molecule has 4 nitrogen and oxygen atoms in total. The van der Waals surface area contributed by atoms with E-state index in [1.807, 2.05) is 0 Å². The van der Waals surface area contributed by atoms with Crippen molar-refractivity contribution in [2.45, 2.75) is 13.1 Å². The summed E-state index contributed by atoms with van der Waals surface area (Å²) < 4.78 is 52.1. The zero-order valence-electron chi connectivity index (χ0n) is 10.7. The minimum atomic E-state index is -4.69. The summed E-state index contributed by atoms with van der Waals surface area (Å²) in [5.41, 5.74) is 4.01. The molecule has 0 bridgehead atoms. The Kier molecular flexibility index (Phi) is 3.51. The van der Waals surface area contributed by atoms with Crippen LogP contribution in [0.4, 0.5) is 23.4 Å². The molecular weight excluding hydrogens is 288 g/mol. The lowest BCUT2D eigenvalue weighted by Gasteiger charge is -2.13. The van der Waals surface area contributed by atoms with Crippen LogP contribution in [-0.4, -0.2) is 9.97 Å². The number of nitrogen functional groups attached to an aromatic ring is 1. The number of rotatable bonds is 1. The van der Waals surface area contributed by atoms with Gasteiger partial charge in [-0.2, -0.15) is 18.4 Å². The lowest BCUT2D eigenvalue weighted by atomic mass is 10.1. The average molecular weight is 296 g/mol. The number of nitrogens with two attached hydrogens (primary N) is 1. The van der Waals surface area contributed by atoms with Crippen molar-refractivity contribution in [2.75, 3.05) is 5.73 Å². The van der Waals surface area contributed by atoms with Crippen molar-refractivity contribution < 1.29 is 17.6 Å². The molecule has 1 aromatic carbocycles. The van der Waals surface area contributed by atoms with Gasteiger partial charge in [-0.15, -0.1) is 0 Å². The third kappa shape index (κ3) is 2.76. The number of halogens is 4. The van der Waals surface area contributed by atoms with E-state index < -0.39 is 23.1 Å². The predicted octanol–water partition coefficient (Wildman–Crippen LogP) is 3.06. The van der Waals surface area contributed by atoms with E-state index in [0.29, 0.717) is 18.2 Å². The zero-order chi connectivity index (χ0) is 15.8. The van der Waals surface area contributed by atoms with Crippen molar-refractivity contribution in [1.29, 1.82) is 5.26 Å². The summed E-state index contributed by atoms with van der Waals surface area (Å²) in [5, 5.41) is 8.84. The van der Waals surface area contributed by atoms with Gasteiger partial charge in [0.2, 0.25) is 0 Å². The van der Waals surface area contributed by atoms with Crippen LogP contribution < -0.4 is 5.73 Å². The quantitative estimate of drug-likeness (QED) is 0.821. The normalized spacial score (nSPS) is 11.2. The van der Waals surface area contributed by atoms with E-state index in [1.165, 1.54) is 6.92 Å². The molecule has 2 aromatic rings. The van der Waals surface area contributed by atoms with Gasteiger partial charge in [-0.3, -0.25) is 0 Å². The fourth-order valence-electron chi connectivity index (χ4n) is 1.80. The molecule has 1 heterocycles. The van der Waals surface area contributed by atoms with E-state index in [2.05, 4.69) is 9.97 Å². The molecule has 0 atom stereocenters. The van der Waals surface area contributed by atoms with Gasteiger partial charge in [0.05, 0.1) is 11.3 Å². The molecule has 0 fully saturated rings. The van der Waals surface area contributed by atoms with Crippen LogP contribution in [0.1, 0.15) is 16.8 Å². The largest absolute Gasteiger partial charge is 0.417 e. The number of hydrogen-bond acceptors (Lipinski definition) is 4. The predicted molar refractivity (Wildman–Crippen MR) is 66.3 cm³/mol. The summed E-state index contributed by atoms with van der Waals surface area (Å²) in [5.74, 6) is -1.49. The summed E-state index contributed by atoms with van der Waals surface area (Å²) >= 11 is 0. The topological polar surface area (TPSA) is 75.6 Å². The van der Waals surface area contributed by atoms with E-state index in [1.54, 1.807) is 6.07 Å². The highest BCUT2D eigenvalue weighted by Gasteiger charge is 2.34. The van der Waals surface area contributed by atoms with Gasteiger partial charge < -0.3 is 5.73 Å². The fraction of sp³-hybridized carbons (Fsp3) is 0.154. The van der Waals surface area contributed by atoms with Crippen molar-refractivity contribution >= 4 is 5.82 Å². The van der Waals surface area contributed by atoms with Gasteiger partial charge in [-0.05, 0) is 25.1 Å². The molecule has 0 radical (unpaired) electrons. The highest BCUT2D eigenvalue weighted by atomic mass is 19.4. The second-order valence-electron chi connectivity index (χ2n) is 4.19. The maximum atomic E-state index is 13.3. The molecule has 2 N–H and O–H groups in total. The Morgan fingerprint density at radius 3 is 2.43 bits per heavy atom. The molecule has 0 aliphatic rings. The van der Waals surface area contributed by atoms with Gasteiger partial charge in [0.1, 0.15) is 23.3 Å². The Labute approximate surface area is 116 Å². The molecule has 108 valence electrons. The van der Waals surface area contributed by atoms with Crippen LogP contribution in [0.5, 0.6) is 0 Å². The highest BCUT2D eigenvalue weighted by Crippen LogP contribution is 2.36. The van der Waals surface area contributed by atoms with Crippen LogP contribution in [0.25, 0.3) is 11.4 Å².